The van der Waals surface area contributed by atoms with E-state index in [2.05, 4.69) is 10.5 Å². The summed E-state index contributed by atoms with van der Waals surface area (Å²) in [6.07, 6.45) is 0. The smallest absolute Gasteiger partial charge is 0.245 e. The van der Waals surface area contributed by atoms with Crippen molar-refractivity contribution in [1.82, 2.24) is 10.2 Å². The van der Waals surface area contributed by atoms with Gasteiger partial charge in [0.15, 0.2) is 5.84 Å². The molecular formula is C13H24N4O4. The van der Waals surface area contributed by atoms with Gasteiger partial charge < -0.3 is 25.9 Å². The van der Waals surface area contributed by atoms with Crippen LogP contribution in [0.15, 0.2) is 5.16 Å². The van der Waals surface area contributed by atoms with Crippen LogP contribution in [0.5, 0.6) is 0 Å². The van der Waals surface area contributed by atoms with Crippen LogP contribution in [0.1, 0.15) is 20.8 Å². The fourth-order valence-electron chi connectivity index (χ4n) is 2.37. The number of hydrogen-bond donors (Lipinski definition) is 3. The average Bonchev–Trinajstić information content (AvgIpc) is 2.46. The zero-order valence-corrected chi connectivity index (χ0v) is 12.7. The molecule has 1 rings (SSSR count). The Labute approximate surface area is 124 Å². The monoisotopic (exact) mass is 300 g/mol. The van der Waals surface area contributed by atoms with E-state index >= 15 is 0 Å². The van der Waals surface area contributed by atoms with Gasteiger partial charge in [0.2, 0.25) is 11.8 Å². The molecule has 8 nitrogen and oxygen atoms in total. The molecule has 2 unspecified atom stereocenters. The molecule has 0 radical (unpaired) electrons. The number of nitrogens with zero attached hydrogens (tertiary/aromatic N) is 2. The Bertz CT molecular complexity index is 411. The maximum absolute atomic E-state index is 12.7. The molecule has 120 valence electrons. The van der Waals surface area contributed by atoms with E-state index in [0.717, 1.165) is 0 Å². The van der Waals surface area contributed by atoms with Crippen molar-refractivity contribution in [1.29, 1.82) is 0 Å². The molecule has 1 saturated heterocycles. The molecule has 2 atom stereocenters. The number of ether oxygens (including phenoxy) is 1. The summed E-state index contributed by atoms with van der Waals surface area (Å²) in [7, 11) is 0. The SMILES string of the molecule is CCNC(=O)C1COCCN1C(=O)C(C(N)=NO)C(C)C. The van der Waals surface area contributed by atoms with Crippen LogP contribution >= 0.6 is 0 Å². The minimum absolute atomic E-state index is 0.142. The lowest BCUT2D eigenvalue weighted by molar-refractivity contribution is -0.150. The predicted molar refractivity (Wildman–Crippen MR) is 76.7 cm³/mol. The Balaban J connectivity index is 2.97. The molecule has 0 aromatic rings. The van der Waals surface area contributed by atoms with Gasteiger partial charge in [-0.25, -0.2) is 0 Å². The molecule has 1 aliphatic heterocycles. The van der Waals surface area contributed by atoms with Gasteiger partial charge in [0.25, 0.3) is 0 Å². The molecule has 21 heavy (non-hydrogen) atoms. The predicted octanol–water partition coefficient (Wildman–Crippen LogP) is -0.631. The van der Waals surface area contributed by atoms with Crippen LogP contribution in [0.2, 0.25) is 0 Å². The molecule has 0 aromatic carbocycles. The highest BCUT2D eigenvalue weighted by Crippen LogP contribution is 2.18. The van der Waals surface area contributed by atoms with Crippen LogP contribution in [0.25, 0.3) is 0 Å². The van der Waals surface area contributed by atoms with Gasteiger partial charge in [-0.3, -0.25) is 9.59 Å². The van der Waals surface area contributed by atoms with Crippen molar-refractivity contribution in [2.24, 2.45) is 22.7 Å². The quantitative estimate of drug-likeness (QED) is 0.270. The number of carbonyl (C=O) groups excluding carboxylic acids is 2. The summed E-state index contributed by atoms with van der Waals surface area (Å²) < 4.78 is 5.29. The summed E-state index contributed by atoms with van der Waals surface area (Å²) in [6.45, 7) is 6.72. The molecule has 2 amide bonds. The summed E-state index contributed by atoms with van der Waals surface area (Å²) in [6, 6.07) is -0.682. The minimum atomic E-state index is -0.759. The van der Waals surface area contributed by atoms with E-state index in [1.165, 1.54) is 4.90 Å². The molecule has 8 heteroatoms. The first-order chi connectivity index (χ1) is 9.93. The maximum Gasteiger partial charge on any atom is 0.245 e. The van der Waals surface area contributed by atoms with E-state index in [4.69, 9.17) is 15.7 Å². The topological polar surface area (TPSA) is 117 Å². The second kappa shape index (κ2) is 7.82. The third-order valence-electron chi connectivity index (χ3n) is 3.43. The highest BCUT2D eigenvalue weighted by molar-refractivity contribution is 6.03. The highest BCUT2D eigenvalue weighted by atomic mass is 16.5. The number of morpholine rings is 1. The zero-order valence-electron chi connectivity index (χ0n) is 12.7. The molecule has 0 aliphatic carbocycles. The van der Waals surface area contributed by atoms with Crippen molar-refractivity contribution in [3.05, 3.63) is 0 Å². The number of hydrogen-bond acceptors (Lipinski definition) is 5. The van der Waals surface area contributed by atoms with Crippen molar-refractivity contribution in [3.63, 3.8) is 0 Å². The largest absolute Gasteiger partial charge is 0.409 e. The van der Waals surface area contributed by atoms with Crippen LogP contribution < -0.4 is 11.1 Å². The summed E-state index contributed by atoms with van der Waals surface area (Å²) in [5.41, 5.74) is 5.63. The second-order valence-corrected chi connectivity index (χ2v) is 5.26. The number of nitrogens with one attached hydrogen (secondary N) is 1. The van der Waals surface area contributed by atoms with Crippen LogP contribution in [-0.2, 0) is 14.3 Å². The maximum atomic E-state index is 12.7. The first kappa shape index (κ1) is 17.2. The first-order valence-electron chi connectivity index (χ1n) is 7.07. The minimum Gasteiger partial charge on any atom is -0.409 e. The number of rotatable bonds is 5. The van der Waals surface area contributed by atoms with E-state index in [9.17, 15) is 9.59 Å². The first-order valence-corrected chi connectivity index (χ1v) is 7.07. The third kappa shape index (κ3) is 4.07. The van der Waals surface area contributed by atoms with Crippen LogP contribution in [-0.4, -0.2) is 60.1 Å². The lowest BCUT2D eigenvalue weighted by Gasteiger charge is -2.37. The van der Waals surface area contributed by atoms with Gasteiger partial charge in [-0.2, -0.15) is 0 Å². The normalized spacial score (nSPS) is 21.2. The van der Waals surface area contributed by atoms with E-state index in [1.54, 1.807) is 6.92 Å². The molecule has 1 fully saturated rings. The summed E-state index contributed by atoms with van der Waals surface area (Å²) in [4.78, 5) is 26.2. The van der Waals surface area contributed by atoms with Crippen molar-refractivity contribution in [2.75, 3.05) is 26.3 Å². The van der Waals surface area contributed by atoms with Gasteiger partial charge in [-0.15, -0.1) is 0 Å². The summed E-state index contributed by atoms with van der Waals surface area (Å²) >= 11 is 0. The van der Waals surface area contributed by atoms with Gasteiger partial charge in [-0.05, 0) is 12.8 Å². The fourth-order valence-corrected chi connectivity index (χ4v) is 2.37. The lowest BCUT2D eigenvalue weighted by atomic mass is 9.92. The van der Waals surface area contributed by atoms with Gasteiger partial charge in [0, 0.05) is 13.1 Å². The highest BCUT2D eigenvalue weighted by Gasteiger charge is 2.38. The Morgan fingerprint density at radius 2 is 2.19 bits per heavy atom. The summed E-state index contributed by atoms with van der Waals surface area (Å²) in [5, 5.41) is 14.5. The van der Waals surface area contributed by atoms with Crippen molar-refractivity contribution in [2.45, 2.75) is 26.8 Å². The average molecular weight is 300 g/mol. The molecule has 0 bridgehead atoms. The van der Waals surface area contributed by atoms with E-state index < -0.39 is 12.0 Å². The number of amides is 2. The molecule has 0 spiro atoms. The van der Waals surface area contributed by atoms with Crippen molar-refractivity contribution >= 4 is 17.6 Å². The van der Waals surface area contributed by atoms with E-state index in [1.807, 2.05) is 13.8 Å². The van der Waals surface area contributed by atoms with E-state index in [0.29, 0.717) is 19.7 Å². The summed E-state index contributed by atoms with van der Waals surface area (Å²) in [5.74, 6) is -1.63. The number of likely N-dealkylation sites (N-methyl/N-ethyl adjacent to an activating group) is 1. The Hall–Kier alpha value is -1.83. The van der Waals surface area contributed by atoms with Gasteiger partial charge in [-0.1, -0.05) is 19.0 Å². The number of nitrogens with two attached hydrogens (primary N) is 1. The second-order valence-electron chi connectivity index (χ2n) is 5.26. The Kier molecular flexibility index (Phi) is 6.41. The van der Waals surface area contributed by atoms with E-state index in [-0.39, 0.29) is 30.2 Å². The molecule has 4 N–H and O–H groups in total. The van der Waals surface area contributed by atoms with Gasteiger partial charge >= 0.3 is 0 Å². The number of oxime groups is 1. The number of carbonyl (C=O) groups is 2. The van der Waals surface area contributed by atoms with Crippen LogP contribution in [0, 0.1) is 11.8 Å². The lowest BCUT2D eigenvalue weighted by Crippen LogP contribution is -2.58. The van der Waals surface area contributed by atoms with Crippen molar-refractivity contribution in [3.8, 4) is 0 Å². The van der Waals surface area contributed by atoms with Gasteiger partial charge in [0.1, 0.15) is 12.0 Å². The molecule has 0 aromatic heterocycles. The molecule has 0 saturated carbocycles. The Morgan fingerprint density at radius 3 is 2.71 bits per heavy atom. The van der Waals surface area contributed by atoms with Crippen LogP contribution in [0.3, 0.4) is 0 Å². The number of amidine groups is 1. The third-order valence-corrected chi connectivity index (χ3v) is 3.43. The Morgan fingerprint density at radius 1 is 1.52 bits per heavy atom. The zero-order chi connectivity index (χ0) is 16.0. The molecule has 1 heterocycles. The van der Waals surface area contributed by atoms with Crippen LogP contribution in [0.4, 0.5) is 0 Å². The van der Waals surface area contributed by atoms with Crippen molar-refractivity contribution < 1.29 is 19.5 Å². The molecule has 1 aliphatic rings. The van der Waals surface area contributed by atoms with Gasteiger partial charge in [0.05, 0.1) is 13.2 Å². The molecular weight excluding hydrogens is 276 g/mol. The fraction of sp³-hybridized carbons (Fsp3) is 0.769. The standard InChI is InChI=1S/C13H24N4O4/c1-4-15-12(18)9-7-21-6-5-17(9)13(19)10(8(2)3)11(14)16-20/h8-10,20H,4-7H2,1-3H3,(H2,14,16)(H,15,18).